The number of nitrogens with zero attached hydrogens (tertiary/aromatic N) is 1. The molecule has 0 fully saturated rings. The van der Waals surface area contributed by atoms with E-state index in [-0.39, 0.29) is 10.6 Å². The van der Waals surface area contributed by atoms with Gasteiger partial charge in [0.2, 0.25) is 0 Å². The molecule has 0 unspecified atom stereocenters. The Hall–Kier alpha value is -2.06. The number of rotatable bonds is 4. The first-order valence-corrected chi connectivity index (χ1v) is 6.65. The van der Waals surface area contributed by atoms with Crippen molar-refractivity contribution in [1.29, 1.82) is 0 Å². The highest BCUT2D eigenvalue weighted by Gasteiger charge is 2.22. The highest BCUT2D eigenvalue weighted by molar-refractivity contribution is 8.01. The molecule has 0 saturated carbocycles. The van der Waals surface area contributed by atoms with Crippen LogP contribution in [0.4, 0.5) is 11.4 Å². The van der Waals surface area contributed by atoms with Crippen LogP contribution in [0.3, 0.4) is 0 Å². The number of benzene rings is 1. The zero-order valence-corrected chi connectivity index (χ0v) is 11.0. The average molecular weight is 296 g/mol. The van der Waals surface area contributed by atoms with Gasteiger partial charge in [0.15, 0.2) is 0 Å². The van der Waals surface area contributed by atoms with E-state index in [0.717, 1.165) is 34.1 Å². The molecule has 3 N–H and O–H groups in total. The van der Waals surface area contributed by atoms with E-state index >= 15 is 0 Å². The third-order valence-corrected chi connectivity index (χ3v) is 4.49. The zero-order chi connectivity index (χ0) is 14.0. The number of carboxylic acids is 1. The van der Waals surface area contributed by atoms with Gasteiger partial charge in [0.1, 0.15) is 9.09 Å². The van der Waals surface area contributed by atoms with Crippen LogP contribution in [-0.2, 0) is 0 Å². The quantitative estimate of drug-likeness (QED) is 0.510. The van der Waals surface area contributed by atoms with Crippen molar-refractivity contribution >= 4 is 40.4 Å². The fraction of sp³-hybridized carbons (Fsp3) is 0. The average Bonchev–Trinajstić information content (AvgIpc) is 2.76. The maximum absolute atomic E-state index is 10.9. The molecule has 0 aliphatic rings. The molecule has 0 aliphatic heterocycles. The van der Waals surface area contributed by atoms with Crippen LogP contribution < -0.4 is 5.73 Å². The molecular formula is C11H8N2O4S2. The lowest BCUT2D eigenvalue weighted by Crippen LogP contribution is -1.91. The molecule has 1 aromatic carbocycles. The minimum atomic E-state index is -1.17. The molecule has 0 saturated heterocycles. The van der Waals surface area contributed by atoms with Gasteiger partial charge in [0.05, 0.1) is 4.92 Å². The van der Waals surface area contributed by atoms with Crippen LogP contribution >= 0.6 is 23.1 Å². The molecule has 6 nitrogen and oxygen atoms in total. The number of aromatic carboxylic acids is 1. The molecule has 0 atom stereocenters. The van der Waals surface area contributed by atoms with Gasteiger partial charge in [-0.2, -0.15) is 0 Å². The molecule has 2 aromatic rings. The molecular weight excluding hydrogens is 288 g/mol. The van der Waals surface area contributed by atoms with Crippen molar-refractivity contribution in [2.75, 3.05) is 5.73 Å². The second kappa shape index (κ2) is 5.29. The van der Waals surface area contributed by atoms with Gasteiger partial charge in [0, 0.05) is 16.6 Å². The summed E-state index contributed by atoms with van der Waals surface area (Å²) in [6, 6.07) is 7.89. The number of nitrogen functional groups attached to an aromatic ring is 1. The molecule has 0 radical (unpaired) electrons. The summed E-state index contributed by atoms with van der Waals surface area (Å²) in [5, 5.41) is 19.8. The summed E-state index contributed by atoms with van der Waals surface area (Å²) in [7, 11) is 0. The monoisotopic (exact) mass is 296 g/mol. The molecule has 2 rings (SSSR count). The number of anilines is 1. The third kappa shape index (κ3) is 3.04. The van der Waals surface area contributed by atoms with Crippen LogP contribution in [0.1, 0.15) is 9.67 Å². The summed E-state index contributed by atoms with van der Waals surface area (Å²) in [6.45, 7) is 0. The van der Waals surface area contributed by atoms with Gasteiger partial charge < -0.3 is 10.8 Å². The van der Waals surface area contributed by atoms with Gasteiger partial charge in [0.25, 0.3) is 5.69 Å². The molecule has 0 bridgehead atoms. The number of carboxylic acid groups (broad SMARTS) is 1. The molecule has 19 heavy (non-hydrogen) atoms. The Morgan fingerprint density at radius 2 is 2.00 bits per heavy atom. The third-order valence-electron chi connectivity index (χ3n) is 2.18. The van der Waals surface area contributed by atoms with Gasteiger partial charge in [-0.05, 0) is 24.3 Å². The van der Waals surface area contributed by atoms with E-state index < -0.39 is 10.9 Å². The van der Waals surface area contributed by atoms with Crippen molar-refractivity contribution < 1.29 is 14.8 Å². The summed E-state index contributed by atoms with van der Waals surface area (Å²) >= 11 is 2.03. The van der Waals surface area contributed by atoms with Gasteiger partial charge >= 0.3 is 5.97 Å². The number of carbonyl (C=O) groups is 1. The highest BCUT2D eigenvalue weighted by Crippen LogP contribution is 2.41. The van der Waals surface area contributed by atoms with E-state index in [0.29, 0.717) is 9.90 Å². The highest BCUT2D eigenvalue weighted by atomic mass is 32.2. The molecule has 98 valence electrons. The van der Waals surface area contributed by atoms with Crippen LogP contribution in [0, 0.1) is 10.1 Å². The first-order chi connectivity index (χ1) is 8.97. The van der Waals surface area contributed by atoms with Crippen LogP contribution in [0.2, 0.25) is 0 Å². The Morgan fingerprint density at radius 1 is 1.37 bits per heavy atom. The molecule has 0 aliphatic carbocycles. The second-order valence-electron chi connectivity index (χ2n) is 3.52. The minimum Gasteiger partial charge on any atom is -0.477 e. The Morgan fingerprint density at radius 3 is 2.53 bits per heavy atom. The smallest absolute Gasteiger partial charge is 0.346 e. The lowest BCUT2D eigenvalue weighted by molar-refractivity contribution is -0.387. The Labute approximate surface area is 116 Å². The van der Waals surface area contributed by atoms with Gasteiger partial charge in [-0.15, -0.1) is 11.3 Å². The fourth-order valence-electron chi connectivity index (χ4n) is 1.31. The van der Waals surface area contributed by atoms with E-state index in [4.69, 9.17) is 10.8 Å². The Balaban J connectivity index is 2.35. The standard InChI is InChI=1S/C11H8N2O4S2/c12-6-1-3-7(4-2-6)18-11-8(13(16)17)5-9(19-11)10(14)15/h1-5H,12H2,(H,14,15). The molecule has 1 heterocycles. The summed E-state index contributed by atoms with van der Waals surface area (Å²) in [5.41, 5.74) is 5.95. The molecule has 0 amide bonds. The second-order valence-corrected chi connectivity index (χ2v) is 5.91. The summed E-state index contributed by atoms with van der Waals surface area (Å²) in [6.07, 6.45) is 0. The zero-order valence-electron chi connectivity index (χ0n) is 9.40. The SMILES string of the molecule is Nc1ccc(Sc2sc(C(=O)O)cc2[N+](=O)[O-])cc1. The van der Waals surface area contributed by atoms with E-state index in [9.17, 15) is 14.9 Å². The van der Waals surface area contributed by atoms with Crippen molar-refractivity contribution in [2.24, 2.45) is 0 Å². The minimum absolute atomic E-state index is 0.0513. The van der Waals surface area contributed by atoms with Gasteiger partial charge in [-0.3, -0.25) is 10.1 Å². The predicted octanol–water partition coefficient (Wildman–Crippen LogP) is 3.09. The first kappa shape index (κ1) is 13.4. The van der Waals surface area contributed by atoms with Crippen molar-refractivity contribution in [3.8, 4) is 0 Å². The number of nitrogens with two attached hydrogens (primary N) is 1. The summed E-state index contributed by atoms with van der Waals surface area (Å²) in [5.74, 6) is -1.17. The molecule has 0 spiro atoms. The van der Waals surface area contributed by atoms with E-state index in [2.05, 4.69) is 0 Å². The summed E-state index contributed by atoms with van der Waals surface area (Å²) in [4.78, 5) is 21.9. The van der Waals surface area contributed by atoms with E-state index in [1.807, 2.05) is 0 Å². The van der Waals surface area contributed by atoms with Crippen LogP contribution in [0.25, 0.3) is 0 Å². The van der Waals surface area contributed by atoms with Crippen molar-refractivity contribution in [1.82, 2.24) is 0 Å². The Bertz CT molecular complexity index is 637. The number of hydrogen-bond acceptors (Lipinski definition) is 6. The summed E-state index contributed by atoms with van der Waals surface area (Å²) < 4.78 is 0.340. The topological polar surface area (TPSA) is 106 Å². The number of nitro groups is 1. The molecule has 8 heteroatoms. The van der Waals surface area contributed by atoms with E-state index in [1.165, 1.54) is 0 Å². The first-order valence-electron chi connectivity index (χ1n) is 5.02. The number of thiophene rings is 1. The largest absolute Gasteiger partial charge is 0.477 e. The number of hydrogen-bond donors (Lipinski definition) is 2. The van der Waals surface area contributed by atoms with E-state index in [1.54, 1.807) is 24.3 Å². The van der Waals surface area contributed by atoms with Crippen molar-refractivity contribution in [2.45, 2.75) is 9.10 Å². The van der Waals surface area contributed by atoms with Crippen LogP contribution in [-0.4, -0.2) is 16.0 Å². The lowest BCUT2D eigenvalue weighted by Gasteiger charge is -1.99. The normalized spacial score (nSPS) is 10.3. The van der Waals surface area contributed by atoms with Crippen molar-refractivity contribution in [3.05, 3.63) is 45.3 Å². The van der Waals surface area contributed by atoms with Gasteiger partial charge in [-0.1, -0.05) is 11.8 Å². The molecule has 1 aromatic heterocycles. The Kier molecular flexibility index (Phi) is 3.72. The maximum atomic E-state index is 10.9. The van der Waals surface area contributed by atoms with Crippen LogP contribution in [0.15, 0.2) is 39.4 Å². The fourth-order valence-corrected chi connectivity index (χ4v) is 3.46. The van der Waals surface area contributed by atoms with Gasteiger partial charge in [-0.25, -0.2) is 4.79 Å². The lowest BCUT2D eigenvalue weighted by atomic mass is 10.3. The van der Waals surface area contributed by atoms with Crippen molar-refractivity contribution in [3.63, 3.8) is 0 Å². The predicted molar refractivity (Wildman–Crippen MR) is 72.9 cm³/mol. The maximum Gasteiger partial charge on any atom is 0.346 e. The van der Waals surface area contributed by atoms with Crippen LogP contribution in [0.5, 0.6) is 0 Å².